The number of hydrogen-bond acceptors (Lipinski definition) is 6. The summed E-state index contributed by atoms with van der Waals surface area (Å²) in [6.07, 6.45) is 1.49. The van der Waals surface area contributed by atoms with E-state index in [4.69, 9.17) is 22.7 Å². The molecule has 4 N–H and O–H groups in total. The number of ether oxygens (including phenoxy) is 1. The van der Waals surface area contributed by atoms with Gasteiger partial charge in [-0.15, -0.1) is 0 Å². The fourth-order valence-corrected chi connectivity index (χ4v) is 5.65. The number of anilines is 1. The van der Waals surface area contributed by atoms with Gasteiger partial charge in [-0.25, -0.2) is 9.37 Å². The van der Waals surface area contributed by atoms with Crippen LogP contribution in [0.5, 0.6) is 5.75 Å². The Morgan fingerprint density at radius 2 is 1.81 bits per heavy atom. The molecular formula is C32H33FN6O3S. The van der Waals surface area contributed by atoms with Crippen molar-refractivity contribution >= 4 is 35.0 Å². The maximum atomic E-state index is 14.7. The number of hydrogen-bond donors (Lipinski definition) is 3. The molecule has 11 heteroatoms. The molecule has 0 saturated carbocycles. The lowest BCUT2D eigenvalue weighted by molar-refractivity contribution is 0.0771. The standard InChI is InChI=1S/C32H33FN6O3S/c1-42-25-14-11-21(12-15-25)17-38-19-24(33)13-16-27(38)26-10-6-5-9-23(26)18-39(30-28(29(34)40)35-20-36-30)32(43)37-31(41)22-7-3-2-4-8-22/h2-12,14-15,20,24,27H,13,16-19H2,1H3,(H2,34,40)(H,35,36)(H,37,41,43). The Kier molecular flexibility index (Phi) is 9.43. The number of aromatic amines is 1. The minimum absolute atomic E-state index is 0.0563. The Bertz CT molecular complexity index is 1580. The first-order valence-corrected chi connectivity index (χ1v) is 14.3. The number of nitrogens with one attached hydrogen (secondary N) is 2. The van der Waals surface area contributed by atoms with E-state index in [9.17, 15) is 14.0 Å². The lowest BCUT2D eigenvalue weighted by Crippen LogP contribution is -2.44. The molecule has 2 unspecified atom stereocenters. The van der Waals surface area contributed by atoms with Crippen LogP contribution in [-0.4, -0.2) is 51.6 Å². The number of halogens is 1. The van der Waals surface area contributed by atoms with Gasteiger partial charge in [-0.1, -0.05) is 54.6 Å². The summed E-state index contributed by atoms with van der Waals surface area (Å²) in [4.78, 5) is 36.1. The molecule has 222 valence electrons. The van der Waals surface area contributed by atoms with Gasteiger partial charge >= 0.3 is 0 Å². The van der Waals surface area contributed by atoms with Crippen LogP contribution in [0.3, 0.4) is 0 Å². The third-order valence-electron chi connectivity index (χ3n) is 7.54. The van der Waals surface area contributed by atoms with Crippen molar-refractivity contribution in [3.63, 3.8) is 0 Å². The Balaban J connectivity index is 1.46. The van der Waals surface area contributed by atoms with Crippen LogP contribution in [0.4, 0.5) is 10.2 Å². The zero-order valence-electron chi connectivity index (χ0n) is 23.7. The van der Waals surface area contributed by atoms with Crippen molar-refractivity contribution in [1.29, 1.82) is 0 Å². The predicted octanol–water partition coefficient (Wildman–Crippen LogP) is 4.91. The van der Waals surface area contributed by atoms with Gasteiger partial charge in [0, 0.05) is 24.7 Å². The van der Waals surface area contributed by atoms with Crippen LogP contribution in [0.1, 0.15) is 56.4 Å². The number of nitrogens with two attached hydrogens (primary N) is 1. The molecule has 0 radical (unpaired) electrons. The normalized spacial score (nSPS) is 16.8. The molecule has 2 heterocycles. The van der Waals surface area contributed by atoms with Crippen molar-refractivity contribution in [1.82, 2.24) is 20.2 Å². The van der Waals surface area contributed by atoms with Crippen LogP contribution >= 0.6 is 12.2 Å². The number of H-pyrrole nitrogens is 1. The van der Waals surface area contributed by atoms with Gasteiger partial charge < -0.3 is 15.5 Å². The summed E-state index contributed by atoms with van der Waals surface area (Å²) in [5.74, 6) is -0.151. The van der Waals surface area contributed by atoms with E-state index >= 15 is 0 Å². The summed E-state index contributed by atoms with van der Waals surface area (Å²) in [6.45, 7) is 1.04. The van der Waals surface area contributed by atoms with E-state index in [1.165, 1.54) is 6.33 Å². The van der Waals surface area contributed by atoms with Crippen LogP contribution in [0.2, 0.25) is 0 Å². The summed E-state index contributed by atoms with van der Waals surface area (Å²) in [5, 5.41) is 2.83. The molecule has 1 saturated heterocycles. The highest BCUT2D eigenvalue weighted by Gasteiger charge is 2.32. The number of benzene rings is 3. The van der Waals surface area contributed by atoms with Crippen LogP contribution < -0.4 is 20.7 Å². The second-order valence-corrected chi connectivity index (χ2v) is 10.7. The smallest absolute Gasteiger partial charge is 0.269 e. The van der Waals surface area contributed by atoms with E-state index in [0.717, 1.165) is 22.4 Å². The average molecular weight is 601 g/mol. The molecule has 1 fully saturated rings. The lowest BCUT2D eigenvalue weighted by Gasteiger charge is -2.39. The first-order valence-electron chi connectivity index (χ1n) is 13.9. The van der Waals surface area contributed by atoms with Gasteiger partial charge in [-0.05, 0) is 66.0 Å². The molecule has 43 heavy (non-hydrogen) atoms. The molecule has 9 nitrogen and oxygen atoms in total. The number of rotatable bonds is 9. The number of carbonyl (C=O) groups is 2. The van der Waals surface area contributed by atoms with Crippen LogP contribution in [0, 0.1) is 0 Å². The summed E-state index contributed by atoms with van der Waals surface area (Å²) in [6, 6.07) is 24.3. The number of amides is 2. The van der Waals surface area contributed by atoms with Crippen molar-refractivity contribution in [2.24, 2.45) is 5.73 Å². The van der Waals surface area contributed by atoms with Gasteiger partial charge in [0.05, 0.1) is 20.0 Å². The minimum Gasteiger partial charge on any atom is -0.497 e. The molecule has 2 atom stereocenters. The zero-order chi connectivity index (χ0) is 30.3. The van der Waals surface area contributed by atoms with Gasteiger partial charge in [0.1, 0.15) is 17.6 Å². The number of piperidine rings is 1. The third kappa shape index (κ3) is 7.07. The van der Waals surface area contributed by atoms with Crippen LogP contribution in [-0.2, 0) is 13.1 Å². The van der Waals surface area contributed by atoms with E-state index in [0.29, 0.717) is 31.5 Å². The Morgan fingerprint density at radius 1 is 1.09 bits per heavy atom. The number of likely N-dealkylation sites (tertiary alicyclic amines) is 1. The zero-order valence-corrected chi connectivity index (χ0v) is 24.5. The molecule has 0 aliphatic carbocycles. The molecule has 3 aromatic carbocycles. The average Bonchev–Trinajstić information content (AvgIpc) is 3.51. The molecule has 1 aliphatic rings. The maximum absolute atomic E-state index is 14.7. The molecule has 5 rings (SSSR count). The van der Waals surface area contributed by atoms with Gasteiger partial charge in [0.15, 0.2) is 10.9 Å². The summed E-state index contributed by atoms with van der Waals surface area (Å²) in [5.41, 5.74) is 9.06. The molecular weight excluding hydrogens is 567 g/mol. The number of primary amides is 1. The number of alkyl halides is 1. The highest BCUT2D eigenvalue weighted by Crippen LogP contribution is 2.36. The van der Waals surface area contributed by atoms with Crippen LogP contribution in [0.15, 0.2) is 85.2 Å². The fourth-order valence-electron chi connectivity index (χ4n) is 5.40. The number of carbonyl (C=O) groups excluding carboxylic acids is 2. The van der Waals surface area contributed by atoms with Gasteiger partial charge in [-0.2, -0.15) is 0 Å². The summed E-state index contributed by atoms with van der Waals surface area (Å²) >= 11 is 5.71. The number of thiocarbonyl (C=S) groups is 1. The van der Waals surface area contributed by atoms with Gasteiger partial charge in [-0.3, -0.25) is 24.7 Å². The number of nitrogens with zero attached hydrogens (tertiary/aromatic N) is 3. The largest absolute Gasteiger partial charge is 0.497 e. The van der Waals surface area contributed by atoms with E-state index in [2.05, 4.69) is 20.2 Å². The highest BCUT2D eigenvalue weighted by molar-refractivity contribution is 7.80. The minimum atomic E-state index is -0.930. The van der Waals surface area contributed by atoms with Crippen LogP contribution in [0.25, 0.3) is 0 Å². The van der Waals surface area contributed by atoms with E-state index in [1.54, 1.807) is 36.3 Å². The van der Waals surface area contributed by atoms with E-state index in [1.807, 2.05) is 54.6 Å². The van der Waals surface area contributed by atoms with Crippen molar-refractivity contribution in [3.05, 3.63) is 113 Å². The quantitative estimate of drug-likeness (QED) is 0.234. The van der Waals surface area contributed by atoms with Crippen molar-refractivity contribution in [3.8, 4) is 5.75 Å². The Labute approximate surface area is 254 Å². The van der Waals surface area contributed by atoms with E-state index < -0.39 is 18.0 Å². The monoisotopic (exact) mass is 600 g/mol. The number of methoxy groups -OCH3 is 1. The van der Waals surface area contributed by atoms with Crippen molar-refractivity contribution in [2.75, 3.05) is 18.6 Å². The van der Waals surface area contributed by atoms with E-state index in [-0.39, 0.29) is 29.2 Å². The SMILES string of the molecule is COc1ccc(CN2CC(F)CCC2c2ccccc2CN(C(=S)NC(=O)c2ccccc2)c2nc[nH]c2C(N)=O)cc1. The predicted molar refractivity (Wildman–Crippen MR) is 167 cm³/mol. The number of aromatic nitrogens is 2. The van der Waals surface area contributed by atoms with Crippen molar-refractivity contribution < 1.29 is 18.7 Å². The second kappa shape index (κ2) is 13.6. The molecule has 0 bridgehead atoms. The molecule has 4 aromatic rings. The summed E-state index contributed by atoms with van der Waals surface area (Å²) < 4.78 is 20.0. The third-order valence-corrected chi connectivity index (χ3v) is 7.86. The molecule has 0 spiro atoms. The second-order valence-electron chi connectivity index (χ2n) is 10.3. The topological polar surface area (TPSA) is 117 Å². The van der Waals surface area contributed by atoms with Gasteiger partial charge in [0.25, 0.3) is 11.8 Å². The Morgan fingerprint density at radius 3 is 2.53 bits per heavy atom. The first kappa shape index (κ1) is 29.9. The molecule has 2 amide bonds. The Hall–Kier alpha value is -4.61. The van der Waals surface area contributed by atoms with Crippen molar-refractivity contribution in [2.45, 2.75) is 38.1 Å². The van der Waals surface area contributed by atoms with Gasteiger partial charge in [0.2, 0.25) is 0 Å². The summed E-state index contributed by atoms with van der Waals surface area (Å²) in [7, 11) is 1.62. The maximum Gasteiger partial charge on any atom is 0.269 e. The lowest BCUT2D eigenvalue weighted by atomic mass is 9.90. The molecule has 1 aromatic heterocycles. The number of imidazole rings is 1. The highest BCUT2D eigenvalue weighted by atomic mass is 32.1. The molecule has 1 aliphatic heterocycles. The first-order chi connectivity index (χ1) is 20.8. The fraction of sp³-hybridized carbons (Fsp3) is 0.250.